The molecule has 0 bridgehead atoms. The summed E-state index contributed by atoms with van der Waals surface area (Å²) in [5, 5.41) is 22.5. The lowest BCUT2D eigenvalue weighted by Gasteiger charge is -2.39. The molecule has 0 aromatic heterocycles. The first-order valence-electron chi connectivity index (χ1n) is 15.0. The van der Waals surface area contributed by atoms with Crippen LogP contribution in [-0.2, 0) is 20.8 Å². The average Bonchev–Trinajstić information content (AvgIpc) is 3.07. The fraction of sp³-hybridized carbons (Fsp3) is 0.184. The number of carbonyl (C=O) groups is 3. The summed E-state index contributed by atoms with van der Waals surface area (Å²) in [5.41, 5.74) is 3.88. The molecule has 228 valence electrons. The Morgan fingerprint density at radius 3 is 1.78 bits per heavy atom. The number of amides is 1. The van der Waals surface area contributed by atoms with Gasteiger partial charge < -0.3 is 15.1 Å². The smallest absolute Gasteiger partial charge is 0.326 e. The van der Waals surface area contributed by atoms with Crippen LogP contribution in [0.1, 0.15) is 25.8 Å². The molecular weight excluding hydrogens is 564 g/mol. The Morgan fingerprint density at radius 2 is 1.16 bits per heavy atom. The van der Waals surface area contributed by atoms with Gasteiger partial charge in [0.15, 0.2) is 0 Å². The number of anilines is 2. The van der Waals surface area contributed by atoms with Gasteiger partial charge in [0.2, 0.25) is 5.91 Å². The first-order valence-corrected chi connectivity index (χ1v) is 15.0. The molecule has 0 saturated carbocycles. The third-order valence-corrected chi connectivity index (χ3v) is 8.21. The lowest BCUT2D eigenvalue weighted by Crippen LogP contribution is -2.56. The zero-order chi connectivity index (χ0) is 31.9. The van der Waals surface area contributed by atoms with Gasteiger partial charge in [-0.3, -0.25) is 9.69 Å². The van der Waals surface area contributed by atoms with Gasteiger partial charge in [0.05, 0.1) is 0 Å². The van der Waals surface area contributed by atoms with Gasteiger partial charge >= 0.3 is 11.9 Å². The van der Waals surface area contributed by atoms with Crippen molar-refractivity contribution in [2.45, 2.75) is 44.8 Å². The van der Waals surface area contributed by atoms with Crippen LogP contribution >= 0.6 is 0 Å². The van der Waals surface area contributed by atoms with Crippen molar-refractivity contribution < 1.29 is 24.6 Å². The highest BCUT2D eigenvalue weighted by atomic mass is 16.4. The highest BCUT2D eigenvalue weighted by Crippen LogP contribution is 2.30. The highest BCUT2D eigenvalue weighted by Gasteiger charge is 2.38. The molecule has 5 aromatic rings. The first-order chi connectivity index (χ1) is 21.7. The molecule has 0 aliphatic rings. The number of nitrogens with zero attached hydrogens (tertiary/aromatic N) is 2. The number of hydrogen-bond acceptors (Lipinski definition) is 4. The molecule has 0 radical (unpaired) electrons. The molecule has 0 spiro atoms. The monoisotopic (exact) mass is 600 g/mol. The largest absolute Gasteiger partial charge is 0.480 e. The Kier molecular flexibility index (Phi) is 9.58. The highest BCUT2D eigenvalue weighted by molar-refractivity contribution is 6.04. The van der Waals surface area contributed by atoms with Crippen LogP contribution < -0.4 is 9.80 Å². The molecule has 0 aliphatic heterocycles. The van der Waals surface area contributed by atoms with E-state index in [1.165, 1.54) is 11.8 Å². The van der Waals surface area contributed by atoms with Gasteiger partial charge in [-0.1, -0.05) is 103 Å². The topological polar surface area (TPSA) is 98.2 Å². The fourth-order valence-corrected chi connectivity index (χ4v) is 5.76. The van der Waals surface area contributed by atoms with E-state index in [-0.39, 0.29) is 6.42 Å². The minimum Gasteiger partial charge on any atom is -0.480 e. The number of carboxylic acid groups (broad SMARTS) is 2. The van der Waals surface area contributed by atoms with Crippen LogP contribution in [0, 0.1) is 0 Å². The summed E-state index contributed by atoms with van der Waals surface area (Å²) >= 11 is 0. The molecule has 0 saturated heterocycles. The maximum Gasteiger partial charge on any atom is 0.326 e. The van der Waals surface area contributed by atoms with Gasteiger partial charge in [-0.2, -0.15) is 0 Å². The molecule has 2 N–H and O–H groups in total. The van der Waals surface area contributed by atoms with Gasteiger partial charge in [-0.25, -0.2) is 9.59 Å². The molecule has 0 unspecified atom stereocenters. The summed E-state index contributed by atoms with van der Waals surface area (Å²) in [7, 11) is 0. The van der Waals surface area contributed by atoms with Crippen molar-refractivity contribution in [2.24, 2.45) is 0 Å². The first kappa shape index (κ1) is 31.0. The molecule has 5 aromatic carbocycles. The third-order valence-electron chi connectivity index (χ3n) is 8.21. The number of carbonyl (C=O) groups excluding carboxylic acids is 1. The minimum atomic E-state index is -1.20. The Bertz CT molecular complexity index is 1770. The van der Waals surface area contributed by atoms with E-state index in [0.29, 0.717) is 17.8 Å². The minimum absolute atomic E-state index is 0.240. The Balaban J connectivity index is 1.55. The zero-order valence-corrected chi connectivity index (χ0v) is 25.3. The number of hydrogen-bond donors (Lipinski definition) is 2. The molecule has 3 atom stereocenters. The van der Waals surface area contributed by atoms with Gasteiger partial charge in [-0.05, 0) is 78.4 Å². The molecular formula is C38H36N2O5. The normalized spacial score (nSPS) is 13.0. The number of aryl methyl sites for hydroxylation is 1. The van der Waals surface area contributed by atoms with Crippen molar-refractivity contribution in [1.82, 2.24) is 0 Å². The summed E-state index contributed by atoms with van der Waals surface area (Å²) in [6.45, 7) is 3.11. The Labute approximate surface area is 263 Å². The average molecular weight is 601 g/mol. The van der Waals surface area contributed by atoms with Crippen molar-refractivity contribution in [2.75, 3.05) is 9.80 Å². The van der Waals surface area contributed by atoms with Crippen LogP contribution in [0.2, 0.25) is 0 Å². The molecule has 0 aliphatic carbocycles. The lowest BCUT2D eigenvalue weighted by molar-refractivity contribution is -0.141. The van der Waals surface area contributed by atoms with Gasteiger partial charge in [0, 0.05) is 11.4 Å². The van der Waals surface area contributed by atoms with Crippen molar-refractivity contribution >= 4 is 40.0 Å². The van der Waals surface area contributed by atoms with Gasteiger partial charge in [-0.15, -0.1) is 0 Å². The number of aliphatic carboxylic acids is 2. The Hall–Kier alpha value is -5.43. The summed E-state index contributed by atoms with van der Waals surface area (Å²) in [6, 6.07) is 36.6. The third kappa shape index (κ3) is 7.04. The van der Waals surface area contributed by atoms with E-state index in [4.69, 9.17) is 0 Å². The van der Waals surface area contributed by atoms with E-state index in [0.717, 1.165) is 27.5 Å². The maximum atomic E-state index is 14.5. The molecule has 0 heterocycles. The summed E-state index contributed by atoms with van der Waals surface area (Å²) < 4.78 is 0. The van der Waals surface area contributed by atoms with E-state index < -0.39 is 36.0 Å². The van der Waals surface area contributed by atoms with E-state index in [1.807, 2.05) is 115 Å². The lowest BCUT2D eigenvalue weighted by atomic mass is 10.00. The number of fused-ring (bicyclic) bond motifs is 1. The predicted molar refractivity (Wildman–Crippen MR) is 179 cm³/mol. The standard InChI is InChI=1S/C38H36N2O5/c1-26(36(41)40(27(2)37(42)43)33-21-18-31(19-22-33)29-13-7-4-8-14-29)39(34-23-20-30-15-9-10-16-32(30)25-34)35(38(44)45)24-17-28-11-5-3-6-12-28/h3-16,18-23,25-27,35H,17,24H2,1-2H3,(H,42,43)(H,44,45)/t26-,27-,35-/m0/s1. The molecule has 1 amide bonds. The summed E-state index contributed by atoms with van der Waals surface area (Å²) in [6.07, 6.45) is 0.725. The van der Waals surface area contributed by atoms with Crippen LogP contribution in [0.15, 0.2) is 127 Å². The van der Waals surface area contributed by atoms with Gasteiger partial charge in [0.25, 0.3) is 0 Å². The second kappa shape index (κ2) is 13.9. The molecule has 45 heavy (non-hydrogen) atoms. The van der Waals surface area contributed by atoms with Gasteiger partial charge in [0.1, 0.15) is 18.1 Å². The number of carboxylic acids is 2. The van der Waals surface area contributed by atoms with E-state index in [9.17, 15) is 24.6 Å². The summed E-state index contributed by atoms with van der Waals surface area (Å²) in [5.74, 6) is -2.75. The SMILES string of the molecule is C[C@@H](C(=O)O)N(C(=O)[C@H](C)N(c1ccc2ccccc2c1)[C@@H](CCc1ccccc1)C(=O)O)c1ccc(-c2ccccc2)cc1. The number of benzene rings is 5. The van der Waals surface area contributed by atoms with Crippen molar-refractivity contribution in [3.05, 3.63) is 133 Å². The second-order valence-corrected chi connectivity index (χ2v) is 11.1. The number of rotatable bonds is 12. The van der Waals surface area contributed by atoms with Crippen LogP contribution in [0.5, 0.6) is 0 Å². The summed E-state index contributed by atoms with van der Waals surface area (Å²) in [4.78, 5) is 42.6. The molecule has 7 nitrogen and oxygen atoms in total. The van der Waals surface area contributed by atoms with Crippen molar-refractivity contribution in [3.8, 4) is 11.1 Å². The van der Waals surface area contributed by atoms with Crippen LogP contribution in [-0.4, -0.2) is 46.2 Å². The molecule has 5 rings (SSSR count). The second-order valence-electron chi connectivity index (χ2n) is 11.1. The van der Waals surface area contributed by atoms with E-state index in [1.54, 1.807) is 24.0 Å². The predicted octanol–water partition coefficient (Wildman–Crippen LogP) is 7.29. The van der Waals surface area contributed by atoms with Crippen LogP contribution in [0.4, 0.5) is 11.4 Å². The molecule has 7 heteroatoms. The van der Waals surface area contributed by atoms with E-state index in [2.05, 4.69) is 0 Å². The maximum absolute atomic E-state index is 14.5. The van der Waals surface area contributed by atoms with Crippen LogP contribution in [0.25, 0.3) is 21.9 Å². The Morgan fingerprint density at radius 1 is 0.600 bits per heavy atom. The molecule has 0 fully saturated rings. The van der Waals surface area contributed by atoms with Crippen molar-refractivity contribution in [3.63, 3.8) is 0 Å². The van der Waals surface area contributed by atoms with E-state index >= 15 is 0 Å². The quantitative estimate of drug-likeness (QED) is 0.156. The fourth-order valence-electron chi connectivity index (χ4n) is 5.76. The van der Waals surface area contributed by atoms with Crippen molar-refractivity contribution in [1.29, 1.82) is 0 Å². The zero-order valence-electron chi connectivity index (χ0n) is 25.3. The van der Waals surface area contributed by atoms with Crippen LogP contribution in [0.3, 0.4) is 0 Å².